The standard InChI is InChI=1S/C18H19N3O2/c19-20-16-8-6-13(7-9-16)10-15-11-17(22)21(18(15)23)12-14-4-2-1-3-5-14/h1-9,11,20,22-23H,10,12,19H2. The minimum absolute atomic E-state index is 0.0570. The molecule has 0 spiro atoms. The number of hydrogen-bond acceptors (Lipinski definition) is 4. The predicted octanol–water partition coefficient (Wildman–Crippen LogP) is 2.82. The van der Waals surface area contributed by atoms with Crippen LogP contribution in [-0.2, 0) is 13.0 Å². The molecule has 2 aromatic carbocycles. The van der Waals surface area contributed by atoms with Gasteiger partial charge in [-0.05, 0) is 23.3 Å². The quantitative estimate of drug-likeness (QED) is 0.431. The first-order valence-corrected chi connectivity index (χ1v) is 7.37. The van der Waals surface area contributed by atoms with Gasteiger partial charge in [0.2, 0.25) is 0 Å². The summed E-state index contributed by atoms with van der Waals surface area (Å²) in [6.45, 7) is 0.425. The van der Waals surface area contributed by atoms with Gasteiger partial charge in [-0.15, -0.1) is 0 Å². The van der Waals surface area contributed by atoms with Crippen LogP contribution in [0, 0.1) is 0 Å². The van der Waals surface area contributed by atoms with Gasteiger partial charge in [-0.25, -0.2) is 0 Å². The van der Waals surface area contributed by atoms with Gasteiger partial charge in [0.1, 0.15) is 0 Å². The predicted molar refractivity (Wildman–Crippen MR) is 90.4 cm³/mol. The Morgan fingerprint density at radius 1 is 0.913 bits per heavy atom. The van der Waals surface area contributed by atoms with Gasteiger partial charge < -0.3 is 15.6 Å². The highest BCUT2D eigenvalue weighted by atomic mass is 16.3. The average Bonchev–Trinajstić information content (AvgIpc) is 2.84. The first kappa shape index (κ1) is 15.0. The van der Waals surface area contributed by atoms with E-state index >= 15 is 0 Å². The Morgan fingerprint density at radius 3 is 2.26 bits per heavy atom. The number of nitrogens with one attached hydrogen (secondary N) is 1. The van der Waals surface area contributed by atoms with Crippen molar-refractivity contribution in [3.63, 3.8) is 0 Å². The third-order valence-electron chi connectivity index (χ3n) is 3.82. The molecule has 0 atom stereocenters. The Morgan fingerprint density at radius 2 is 1.61 bits per heavy atom. The summed E-state index contributed by atoms with van der Waals surface area (Å²) < 4.78 is 1.50. The van der Waals surface area contributed by atoms with E-state index < -0.39 is 0 Å². The first-order chi connectivity index (χ1) is 11.2. The lowest BCUT2D eigenvalue weighted by molar-refractivity contribution is 0.375. The number of hydrazine groups is 1. The molecule has 5 heteroatoms. The van der Waals surface area contributed by atoms with Crippen molar-refractivity contribution in [2.45, 2.75) is 13.0 Å². The topological polar surface area (TPSA) is 83.4 Å². The third-order valence-corrected chi connectivity index (χ3v) is 3.82. The number of nitrogens with two attached hydrogens (primary N) is 1. The van der Waals surface area contributed by atoms with Crippen LogP contribution in [0.2, 0.25) is 0 Å². The fraction of sp³-hybridized carbons (Fsp3) is 0.111. The maximum absolute atomic E-state index is 10.4. The smallest absolute Gasteiger partial charge is 0.197 e. The molecular weight excluding hydrogens is 290 g/mol. The molecule has 0 fully saturated rings. The van der Waals surface area contributed by atoms with Gasteiger partial charge in [-0.1, -0.05) is 42.5 Å². The van der Waals surface area contributed by atoms with Gasteiger partial charge in [0.25, 0.3) is 0 Å². The summed E-state index contributed by atoms with van der Waals surface area (Å²) in [5.74, 6) is 5.49. The van der Waals surface area contributed by atoms with Gasteiger partial charge in [-0.3, -0.25) is 10.4 Å². The largest absolute Gasteiger partial charge is 0.494 e. The molecule has 0 saturated heterocycles. The van der Waals surface area contributed by atoms with Crippen LogP contribution in [0.5, 0.6) is 11.8 Å². The lowest BCUT2D eigenvalue weighted by atomic mass is 10.1. The van der Waals surface area contributed by atoms with Gasteiger partial charge in [0.05, 0.1) is 6.54 Å². The zero-order valence-corrected chi connectivity index (χ0v) is 12.6. The molecule has 0 aliphatic rings. The van der Waals surface area contributed by atoms with Crippen LogP contribution in [0.1, 0.15) is 16.7 Å². The monoisotopic (exact) mass is 309 g/mol. The molecule has 0 unspecified atom stereocenters. The number of benzene rings is 2. The van der Waals surface area contributed by atoms with Gasteiger partial charge in [-0.2, -0.15) is 0 Å². The Kier molecular flexibility index (Phi) is 4.21. The van der Waals surface area contributed by atoms with Gasteiger partial charge >= 0.3 is 0 Å². The number of nitrogen functional groups attached to an aromatic ring is 1. The van der Waals surface area contributed by atoms with E-state index in [0.717, 1.165) is 16.8 Å². The van der Waals surface area contributed by atoms with Crippen molar-refractivity contribution in [3.8, 4) is 11.8 Å². The Balaban J connectivity index is 1.82. The number of aromatic hydroxyl groups is 2. The van der Waals surface area contributed by atoms with Crippen molar-refractivity contribution in [3.05, 3.63) is 77.4 Å². The second-order valence-electron chi connectivity index (χ2n) is 5.44. The molecule has 0 amide bonds. The van der Waals surface area contributed by atoms with Crippen LogP contribution in [-0.4, -0.2) is 14.8 Å². The van der Waals surface area contributed by atoms with E-state index in [1.165, 1.54) is 4.57 Å². The second kappa shape index (κ2) is 6.46. The molecule has 0 aliphatic heterocycles. The van der Waals surface area contributed by atoms with Crippen molar-refractivity contribution >= 4 is 5.69 Å². The van der Waals surface area contributed by atoms with Crippen molar-refractivity contribution in [1.29, 1.82) is 0 Å². The highest BCUT2D eigenvalue weighted by molar-refractivity contribution is 5.46. The molecule has 5 nitrogen and oxygen atoms in total. The summed E-state index contributed by atoms with van der Waals surface area (Å²) >= 11 is 0. The lowest BCUT2D eigenvalue weighted by Gasteiger charge is -2.08. The maximum atomic E-state index is 10.4. The van der Waals surface area contributed by atoms with Gasteiger partial charge in [0, 0.05) is 23.7 Å². The van der Waals surface area contributed by atoms with E-state index in [-0.39, 0.29) is 11.8 Å². The van der Waals surface area contributed by atoms with Crippen LogP contribution < -0.4 is 11.3 Å². The average molecular weight is 309 g/mol. The van der Waals surface area contributed by atoms with E-state index in [1.54, 1.807) is 6.07 Å². The number of rotatable bonds is 5. The van der Waals surface area contributed by atoms with E-state index in [9.17, 15) is 10.2 Å². The summed E-state index contributed by atoms with van der Waals surface area (Å²) in [4.78, 5) is 0. The molecule has 0 radical (unpaired) electrons. The van der Waals surface area contributed by atoms with Crippen LogP contribution in [0.15, 0.2) is 60.7 Å². The zero-order valence-electron chi connectivity index (χ0n) is 12.6. The van der Waals surface area contributed by atoms with Crippen LogP contribution >= 0.6 is 0 Å². The van der Waals surface area contributed by atoms with Crippen LogP contribution in [0.4, 0.5) is 5.69 Å². The zero-order chi connectivity index (χ0) is 16.2. The first-order valence-electron chi connectivity index (χ1n) is 7.37. The molecule has 1 aromatic heterocycles. The van der Waals surface area contributed by atoms with E-state index in [0.29, 0.717) is 18.5 Å². The Bertz CT molecular complexity index is 780. The van der Waals surface area contributed by atoms with Crippen LogP contribution in [0.25, 0.3) is 0 Å². The van der Waals surface area contributed by atoms with Crippen LogP contribution in [0.3, 0.4) is 0 Å². The molecule has 23 heavy (non-hydrogen) atoms. The van der Waals surface area contributed by atoms with E-state index in [2.05, 4.69) is 5.43 Å². The molecule has 5 N–H and O–H groups in total. The minimum Gasteiger partial charge on any atom is -0.494 e. The SMILES string of the molecule is NNc1ccc(Cc2cc(O)n(Cc3ccccc3)c2O)cc1. The maximum Gasteiger partial charge on any atom is 0.197 e. The molecule has 0 saturated carbocycles. The summed E-state index contributed by atoms with van der Waals surface area (Å²) in [5, 5.41) is 20.5. The molecule has 0 bridgehead atoms. The molecule has 118 valence electrons. The summed E-state index contributed by atoms with van der Waals surface area (Å²) in [7, 11) is 0. The van der Waals surface area contributed by atoms with Crippen molar-refractivity contribution in [2.24, 2.45) is 5.84 Å². The summed E-state index contributed by atoms with van der Waals surface area (Å²) in [6.07, 6.45) is 0.534. The fourth-order valence-corrected chi connectivity index (χ4v) is 2.57. The minimum atomic E-state index is 0.0570. The second-order valence-corrected chi connectivity index (χ2v) is 5.44. The number of hydrogen-bond donors (Lipinski definition) is 4. The van der Waals surface area contributed by atoms with Gasteiger partial charge in [0.15, 0.2) is 11.8 Å². The molecule has 1 heterocycles. The van der Waals surface area contributed by atoms with Crippen molar-refractivity contribution in [2.75, 3.05) is 5.43 Å². The van der Waals surface area contributed by atoms with E-state index in [4.69, 9.17) is 5.84 Å². The number of anilines is 1. The highest BCUT2D eigenvalue weighted by Crippen LogP contribution is 2.30. The molecule has 3 aromatic rings. The van der Waals surface area contributed by atoms with Crippen molar-refractivity contribution < 1.29 is 10.2 Å². The fourth-order valence-electron chi connectivity index (χ4n) is 2.57. The molecular formula is C18H19N3O2. The Hall–Kier alpha value is -2.92. The Labute approximate surface area is 134 Å². The normalized spacial score (nSPS) is 10.7. The highest BCUT2D eigenvalue weighted by Gasteiger charge is 2.14. The third kappa shape index (κ3) is 3.30. The molecule has 3 rings (SSSR count). The molecule has 0 aliphatic carbocycles. The lowest BCUT2D eigenvalue weighted by Crippen LogP contribution is -2.06. The number of aromatic nitrogens is 1. The summed E-state index contributed by atoms with van der Waals surface area (Å²) in [6, 6.07) is 18.9. The number of nitrogens with zero attached hydrogens (tertiary/aromatic N) is 1. The summed E-state index contributed by atoms with van der Waals surface area (Å²) in [5.41, 5.74) is 6.12. The van der Waals surface area contributed by atoms with E-state index in [1.807, 2.05) is 54.6 Å². The van der Waals surface area contributed by atoms with Crippen molar-refractivity contribution in [1.82, 2.24) is 4.57 Å².